The number of carbonyl (C=O) groups is 2. The van der Waals surface area contributed by atoms with E-state index in [2.05, 4.69) is 5.10 Å². The summed E-state index contributed by atoms with van der Waals surface area (Å²) in [6, 6.07) is 10.6. The second-order valence-electron chi connectivity index (χ2n) is 8.96. The van der Waals surface area contributed by atoms with Gasteiger partial charge in [0, 0.05) is 28.9 Å². The van der Waals surface area contributed by atoms with Gasteiger partial charge in [-0.3, -0.25) is 24.4 Å². The summed E-state index contributed by atoms with van der Waals surface area (Å²) in [6.45, 7) is 8.08. The largest absolute Gasteiger partial charge is 0.326 e. The predicted octanol–water partition coefficient (Wildman–Crippen LogP) is 3.76. The van der Waals surface area contributed by atoms with Gasteiger partial charge in [-0.2, -0.15) is 4.57 Å². The molecule has 8 heteroatoms. The fourth-order valence-electron chi connectivity index (χ4n) is 4.23. The van der Waals surface area contributed by atoms with Crippen LogP contribution in [0.15, 0.2) is 53.6 Å². The number of halogens is 1. The molecule has 3 heterocycles. The molecule has 0 saturated heterocycles. The first kappa shape index (κ1) is 23.7. The third kappa shape index (κ3) is 4.23. The van der Waals surface area contributed by atoms with Crippen molar-refractivity contribution in [1.82, 2.24) is 14.7 Å². The van der Waals surface area contributed by atoms with Gasteiger partial charge in [0.05, 0.1) is 11.3 Å². The van der Waals surface area contributed by atoms with E-state index in [1.54, 1.807) is 41.2 Å². The normalized spacial score (nSPS) is 14.1. The fraction of sp³-hybridized carbons (Fsp3) is 0.308. The molecule has 1 aromatic carbocycles. The Morgan fingerprint density at radius 1 is 1.06 bits per heavy atom. The molecule has 0 radical (unpaired) electrons. The highest BCUT2D eigenvalue weighted by Crippen LogP contribution is 2.31. The summed E-state index contributed by atoms with van der Waals surface area (Å²) in [6.07, 6.45) is 4.83. The van der Waals surface area contributed by atoms with Gasteiger partial charge in [0.2, 0.25) is 0 Å². The van der Waals surface area contributed by atoms with Crippen LogP contribution in [0, 0.1) is 12.8 Å². The fourth-order valence-corrected chi connectivity index (χ4v) is 4.36. The van der Waals surface area contributed by atoms with E-state index in [1.165, 1.54) is 9.58 Å². The first-order valence-corrected chi connectivity index (χ1v) is 11.8. The number of aromatic nitrogens is 3. The molecule has 0 unspecified atom stereocenters. The average molecular weight is 480 g/mol. The molecule has 34 heavy (non-hydrogen) atoms. The Morgan fingerprint density at radius 3 is 2.38 bits per heavy atom. The summed E-state index contributed by atoms with van der Waals surface area (Å²) in [5.41, 5.74) is 2.35. The maximum absolute atomic E-state index is 13.7. The molecule has 0 spiro atoms. The van der Waals surface area contributed by atoms with Crippen molar-refractivity contribution >= 4 is 34.7 Å². The van der Waals surface area contributed by atoms with Crippen LogP contribution in [0.1, 0.15) is 44.0 Å². The molecule has 7 nitrogen and oxygen atoms in total. The first-order chi connectivity index (χ1) is 16.2. The maximum atomic E-state index is 13.7. The Kier molecular flexibility index (Phi) is 6.57. The molecule has 176 valence electrons. The minimum absolute atomic E-state index is 0.0862. The molecule has 1 aliphatic rings. The number of H-pyrrole nitrogens is 1. The van der Waals surface area contributed by atoms with Gasteiger partial charge in [0.1, 0.15) is 5.57 Å². The lowest BCUT2D eigenvalue weighted by Crippen LogP contribution is -2.41. The van der Waals surface area contributed by atoms with Crippen LogP contribution in [0.4, 0.5) is 0 Å². The molecule has 0 fully saturated rings. The van der Waals surface area contributed by atoms with E-state index in [0.29, 0.717) is 22.8 Å². The van der Waals surface area contributed by atoms with E-state index >= 15 is 0 Å². The second kappa shape index (κ2) is 9.43. The first-order valence-electron chi connectivity index (χ1n) is 11.4. The lowest BCUT2D eigenvalue weighted by Gasteiger charge is -2.16. The molecule has 0 bridgehead atoms. The number of hydrogen-bond acceptors (Lipinski definition) is 3. The summed E-state index contributed by atoms with van der Waals surface area (Å²) in [5, 5.41) is 3.73. The van der Waals surface area contributed by atoms with Crippen molar-refractivity contribution < 1.29 is 14.2 Å². The van der Waals surface area contributed by atoms with Gasteiger partial charge in [-0.1, -0.05) is 38.8 Å². The van der Waals surface area contributed by atoms with Crippen LogP contribution in [-0.4, -0.2) is 33.0 Å². The van der Waals surface area contributed by atoms with Crippen LogP contribution >= 0.6 is 11.6 Å². The zero-order valence-corrected chi connectivity index (χ0v) is 20.5. The van der Waals surface area contributed by atoms with Crippen LogP contribution in [0.3, 0.4) is 0 Å². The van der Waals surface area contributed by atoms with E-state index < -0.39 is 11.8 Å². The number of amides is 2. The molecular formula is C26H28ClN4O3+. The van der Waals surface area contributed by atoms with Gasteiger partial charge >= 0.3 is 5.91 Å². The summed E-state index contributed by atoms with van der Waals surface area (Å²) >= 11 is 6.03. The number of carbonyl (C=O) groups excluding carboxylic acids is 2. The monoisotopic (exact) mass is 479 g/mol. The Hall–Kier alpha value is -3.45. The van der Waals surface area contributed by atoms with Gasteiger partial charge in [-0.05, 0) is 49.6 Å². The number of pyridine rings is 1. The lowest BCUT2D eigenvalue weighted by molar-refractivity contribution is -0.577. The molecular weight excluding hydrogens is 452 g/mol. The van der Waals surface area contributed by atoms with Gasteiger partial charge < -0.3 is 0 Å². The summed E-state index contributed by atoms with van der Waals surface area (Å²) < 4.78 is 3.06. The van der Waals surface area contributed by atoms with Crippen molar-refractivity contribution in [3.05, 3.63) is 81.0 Å². The molecule has 3 aromatic rings. The highest BCUT2D eigenvalue weighted by Gasteiger charge is 2.47. The van der Waals surface area contributed by atoms with Crippen molar-refractivity contribution in [2.45, 2.75) is 40.5 Å². The minimum Gasteiger partial charge on any atom is -0.294 e. The Bertz CT molecular complexity index is 1350. The van der Waals surface area contributed by atoms with Crippen LogP contribution in [-0.2, 0) is 16.0 Å². The van der Waals surface area contributed by atoms with E-state index in [9.17, 15) is 14.4 Å². The maximum Gasteiger partial charge on any atom is 0.326 e. The third-order valence-electron chi connectivity index (χ3n) is 5.70. The van der Waals surface area contributed by atoms with Crippen LogP contribution < -0.4 is 10.1 Å². The highest BCUT2D eigenvalue weighted by molar-refractivity contribution is 6.44. The molecule has 1 aliphatic heterocycles. The summed E-state index contributed by atoms with van der Waals surface area (Å²) in [7, 11) is 0. The molecule has 2 amide bonds. The number of aryl methyl sites for hydroxylation is 2. The van der Waals surface area contributed by atoms with Gasteiger partial charge in [0.25, 0.3) is 17.2 Å². The zero-order chi connectivity index (χ0) is 24.6. The number of imide groups is 1. The SMILES string of the molecule is CCCc1[nH]n(-c2ccc(Cl)cc2)c(=O)c1C1=C([n+]2cccc(C)c2)C(=O)N(CC(C)C)C1=O. The van der Waals surface area contributed by atoms with E-state index in [-0.39, 0.29) is 34.9 Å². The minimum atomic E-state index is -0.445. The van der Waals surface area contributed by atoms with Crippen LogP contribution in [0.2, 0.25) is 5.02 Å². The molecule has 1 N–H and O–H groups in total. The van der Waals surface area contributed by atoms with Crippen molar-refractivity contribution in [2.75, 3.05) is 6.54 Å². The second-order valence-corrected chi connectivity index (χ2v) is 9.40. The third-order valence-corrected chi connectivity index (χ3v) is 5.95. The molecule has 0 aliphatic carbocycles. The highest BCUT2D eigenvalue weighted by atomic mass is 35.5. The zero-order valence-electron chi connectivity index (χ0n) is 19.8. The Morgan fingerprint density at radius 2 is 1.76 bits per heavy atom. The number of rotatable bonds is 7. The summed E-state index contributed by atoms with van der Waals surface area (Å²) in [4.78, 5) is 42.2. The van der Waals surface area contributed by atoms with Gasteiger partial charge in [0.15, 0.2) is 12.4 Å². The summed E-state index contributed by atoms with van der Waals surface area (Å²) in [5.74, 6) is -0.757. The van der Waals surface area contributed by atoms with Crippen LogP contribution in [0.25, 0.3) is 17.0 Å². The molecule has 2 aromatic heterocycles. The van der Waals surface area contributed by atoms with Crippen molar-refractivity contribution in [3.8, 4) is 5.69 Å². The van der Waals surface area contributed by atoms with E-state index in [4.69, 9.17) is 11.6 Å². The number of benzene rings is 1. The molecule has 0 atom stereocenters. The predicted molar refractivity (Wildman–Crippen MR) is 131 cm³/mol. The molecule has 4 rings (SSSR count). The number of aromatic amines is 1. The standard InChI is InChI=1S/C26H27ClN4O3/c1-5-7-20-21(25(33)31(28-20)19-11-9-18(27)10-12-19)22-23(29-13-6-8-17(4)15-29)26(34)30(24(22)32)14-16(2)3/h6,8-13,15-16H,5,7,14H2,1-4H3/p+1. The average Bonchev–Trinajstić information content (AvgIpc) is 3.22. The topological polar surface area (TPSA) is 79.1 Å². The quantitative estimate of drug-likeness (QED) is 0.414. The number of hydrogen-bond donors (Lipinski definition) is 1. The van der Waals surface area contributed by atoms with E-state index in [1.807, 2.05) is 39.8 Å². The van der Waals surface area contributed by atoms with Crippen molar-refractivity contribution in [1.29, 1.82) is 0 Å². The Labute approximate surface area is 203 Å². The van der Waals surface area contributed by atoms with Gasteiger partial charge in [-0.25, -0.2) is 4.68 Å². The van der Waals surface area contributed by atoms with Crippen molar-refractivity contribution in [2.24, 2.45) is 5.92 Å². The number of nitrogens with one attached hydrogen (secondary N) is 1. The smallest absolute Gasteiger partial charge is 0.294 e. The van der Waals surface area contributed by atoms with E-state index in [0.717, 1.165) is 12.0 Å². The lowest BCUT2D eigenvalue weighted by atomic mass is 10.0. The number of nitrogens with zero attached hydrogens (tertiary/aromatic N) is 3. The van der Waals surface area contributed by atoms with Crippen molar-refractivity contribution in [3.63, 3.8) is 0 Å². The van der Waals surface area contributed by atoms with Crippen LogP contribution in [0.5, 0.6) is 0 Å². The Balaban J connectivity index is 2.00. The molecule has 0 saturated carbocycles. The van der Waals surface area contributed by atoms with Gasteiger partial charge in [-0.15, -0.1) is 0 Å².